The Bertz CT molecular complexity index is 400. The quantitative estimate of drug-likeness (QED) is 0.901. The summed E-state index contributed by atoms with van der Waals surface area (Å²) in [5.41, 5.74) is 0. The fraction of sp³-hybridized carbons (Fsp3) is 0.857. The van der Waals surface area contributed by atoms with Crippen LogP contribution < -0.4 is 10.2 Å². The molecule has 1 saturated heterocycles. The van der Waals surface area contributed by atoms with Gasteiger partial charge in [0.05, 0.1) is 0 Å². The van der Waals surface area contributed by atoms with Gasteiger partial charge in [0, 0.05) is 25.6 Å². The van der Waals surface area contributed by atoms with Crippen molar-refractivity contribution in [1.29, 1.82) is 0 Å². The van der Waals surface area contributed by atoms with Crippen LogP contribution in [0.2, 0.25) is 0 Å². The van der Waals surface area contributed by atoms with Crippen LogP contribution in [0.4, 0.5) is 5.95 Å². The number of hydrogen-bond donors (Lipinski definition) is 1. The molecule has 1 saturated carbocycles. The molecule has 5 heteroatoms. The third-order valence-electron chi connectivity index (χ3n) is 4.56. The summed E-state index contributed by atoms with van der Waals surface area (Å²) in [6.07, 6.45) is 8.62. The lowest BCUT2D eigenvalue weighted by Gasteiger charge is -2.30. The predicted octanol–water partition coefficient (Wildman–Crippen LogP) is 1.99. The van der Waals surface area contributed by atoms with E-state index in [4.69, 9.17) is 4.52 Å². The largest absolute Gasteiger partial charge is 0.338 e. The first-order valence-electron chi connectivity index (χ1n) is 7.61. The molecule has 0 bridgehead atoms. The molecule has 0 amide bonds. The van der Waals surface area contributed by atoms with E-state index in [9.17, 15) is 0 Å². The van der Waals surface area contributed by atoms with Crippen LogP contribution in [0.3, 0.4) is 0 Å². The number of nitrogens with one attached hydrogen (secondary N) is 1. The Morgan fingerprint density at radius 1 is 1.21 bits per heavy atom. The van der Waals surface area contributed by atoms with E-state index in [2.05, 4.69) is 27.4 Å². The Balaban J connectivity index is 1.62. The average molecular weight is 264 g/mol. The summed E-state index contributed by atoms with van der Waals surface area (Å²) in [5.74, 6) is 2.25. The van der Waals surface area contributed by atoms with Crippen molar-refractivity contribution in [2.45, 2.75) is 51.0 Å². The lowest BCUT2D eigenvalue weighted by Crippen LogP contribution is -2.37. The van der Waals surface area contributed by atoms with Crippen LogP contribution in [-0.2, 0) is 6.42 Å². The van der Waals surface area contributed by atoms with Gasteiger partial charge in [-0.3, -0.25) is 0 Å². The fourth-order valence-electron chi connectivity index (χ4n) is 3.43. The Morgan fingerprint density at radius 3 is 2.79 bits per heavy atom. The number of rotatable bonds is 4. The molecule has 1 aromatic heterocycles. The predicted molar refractivity (Wildman–Crippen MR) is 74.3 cm³/mol. The Labute approximate surface area is 114 Å². The van der Waals surface area contributed by atoms with Gasteiger partial charge in [0.25, 0.3) is 5.95 Å². The van der Waals surface area contributed by atoms with Crippen molar-refractivity contribution in [3.8, 4) is 0 Å². The first kappa shape index (κ1) is 12.9. The summed E-state index contributed by atoms with van der Waals surface area (Å²) in [7, 11) is 2.06. The van der Waals surface area contributed by atoms with Crippen molar-refractivity contribution in [3.63, 3.8) is 0 Å². The molecule has 1 aliphatic heterocycles. The molecule has 0 spiro atoms. The highest BCUT2D eigenvalue weighted by Crippen LogP contribution is 2.27. The van der Waals surface area contributed by atoms with Gasteiger partial charge < -0.3 is 14.7 Å². The summed E-state index contributed by atoms with van der Waals surface area (Å²) >= 11 is 0. The van der Waals surface area contributed by atoms with E-state index in [1.54, 1.807) is 0 Å². The maximum atomic E-state index is 5.44. The van der Waals surface area contributed by atoms with Crippen molar-refractivity contribution in [2.24, 2.45) is 5.92 Å². The summed E-state index contributed by atoms with van der Waals surface area (Å²) in [4.78, 5) is 6.80. The number of aromatic nitrogens is 2. The van der Waals surface area contributed by atoms with Gasteiger partial charge in [-0.15, -0.1) is 0 Å². The zero-order valence-corrected chi connectivity index (χ0v) is 11.8. The zero-order chi connectivity index (χ0) is 13.1. The average Bonchev–Trinajstić information content (AvgIpc) is 3.09. The van der Waals surface area contributed by atoms with Crippen LogP contribution in [0.1, 0.15) is 44.4 Å². The molecule has 0 radical (unpaired) electrons. The molecule has 5 nitrogen and oxygen atoms in total. The second kappa shape index (κ2) is 5.90. The topological polar surface area (TPSA) is 54.2 Å². The number of anilines is 1. The first-order chi connectivity index (χ1) is 9.36. The molecule has 2 heterocycles. The first-order valence-corrected chi connectivity index (χ1v) is 7.61. The normalized spacial score (nSPS) is 27.9. The molecule has 2 atom stereocenters. The lowest BCUT2D eigenvalue weighted by molar-refractivity contribution is 0.248. The second-order valence-corrected chi connectivity index (χ2v) is 5.83. The van der Waals surface area contributed by atoms with Crippen LogP contribution in [-0.4, -0.2) is 36.3 Å². The summed E-state index contributed by atoms with van der Waals surface area (Å²) in [5, 5.41) is 7.57. The van der Waals surface area contributed by atoms with Crippen molar-refractivity contribution >= 4 is 5.95 Å². The maximum absolute atomic E-state index is 5.44. The Kier molecular flexibility index (Phi) is 4.01. The minimum absolute atomic E-state index is 0.607. The van der Waals surface area contributed by atoms with Gasteiger partial charge in [-0.25, -0.2) is 0 Å². The van der Waals surface area contributed by atoms with Gasteiger partial charge in [0.2, 0.25) is 5.89 Å². The lowest BCUT2D eigenvalue weighted by atomic mass is 9.82. The zero-order valence-electron chi connectivity index (χ0n) is 11.8. The van der Waals surface area contributed by atoms with Gasteiger partial charge in [-0.1, -0.05) is 12.8 Å². The molecule has 0 aromatic carbocycles. The molecule has 19 heavy (non-hydrogen) atoms. The van der Waals surface area contributed by atoms with Gasteiger partial charge in [-0.2, -0.15) is 4.98 Å². The van der Waals surface area contributed by atoms with Gasteiger partial charge >= 0.3 is 0 Å². The van der Waals surface area contributed by atoms with E-state index in [-0.39, 0.29) is 0 Å². The molecular formula is C14H24N4O. The molecule has 1 aliphatic carbocycles. The molecule has 2 aliphatic rings. The number of nitrogens with zero attached hydrogens (tertiary/aromatic N) is 3. The Hall–Kier alpha value is -1.10. The highest BCUT2D eigenvalue weighted by molar-refractivity contribution is 5.28. The standard InChI is InChI=1S/C14H24N4O/c1-15-12-7-3-2-6-11(12)10-13-16-14(17-19-13)18-8-4-5-9-18/h11-12,15H,2-10H2,1H3. The monoisotopic (exact) mass is 264 g/mol. The second-order valence-electron chi connectivity index (χ2n) is 5.83. The summed E-state index contributed by atoms with van der Waals surface area (Å²) in [6.45, 7) is 2.14. The highest BCUT2D eigenvalue weighted by atomic mass is 16.5. The SMILES string of the molecule is CNC1CCCCC1Cc1nc(N2CCCC2)no1. The molecule has 3 rings (SSSR count). The molecule has 106 valence electrons. The molecule has 1 aromatic rings. The van der Waals surface area contributed by atoms with E-state index >= 15 is 0 Å². The van der Waals surface area contributed by atoms with Gasteiger partial charge in [0.1, 0.15) is 0 Å². The van der Waals surface area contributed by atoms with Crippen LogP contribution in [0.5, 0.6) is 0 Å². The third kappa shape index (κ3) is 2.91. The van der Waals surface area contributed by atoms with Crippen molar-refractivity contribution in [1.82, 2.24) is 15.5 Å². The molecule has 1 N–H and O–H groups in total. The molecular weight excluding hydrogens is 240 g/mol. The van der Waals surface area contributed by atoms with Crippen molar-refractivity contribution < 1.29 is 4.52 Å². The minimum Gasteiger partial charge on any atom is -0.338 e. The van der Waals surface area contributed by atoms with Crippen LogP contribution in [0, 0.1) is 5.92 Å². The van der Waals surface area contributed by atoms with Crippen LogP contribution >= 0.6 is 0 Å². The van der Waals surface area contributed by atoms with E-state index in [1.807, 2.05) is 0 Å². The van der Waals surface area contributed by atoms with E-state index in [0.29, 0.717) is 12.0 Å². The van der Waals surface area contributed by atoms with Crippen molar-refractivity contribution in [2.75, 3.05) is 25.0 Å². The molecule has 2 fully saturated rings. The summed E-state index contributed by atoms with van der Waals surface area (Å²) < 4.78 is 5.44. The van der Waals surface area contributed by atoms with E-state index in [1.165, 1.54) is 38.5 Å². The maximum Gasteiger partial charge on any atom is 0.266 e. The van der Waals surface area contributed by atoms with E-state index in [0.717, 1.165) is 31.3 Å². The van der Waals surface area contributed by atoms with E-state index < -0.39 is 0 Å². The van der Waals surface area contributed by atoms with Gasteiger partial charge in [-0.05, 0) is 43.8 Å². The number of hydrogen-bond acceptors (Lipinski definition) is 5. The third-order valence-corrected chi connectivity index (χ3v) is 4.56. The smallest absolute Gasteiger partial charge is 0.266 e. The van der Waals surface area contributed by atoms with Gasteiger partial charge in [0.15, 0.2) is 0 Å². The highest BCUT2D eigenvalue weighted by Gasteiger charge is 2.26. The Morgan fingerprint density at radius 2 is 2.00 bits per heavy atom. The van der Waals surface area contributed by atoms with Crippen LogP contribution in [0.25, 0.3) is 0 Å². The van der Waals surface area contributed by atoms with Crippen molar-refractivity contribution in [3.05, 3.63) is 5.89 Å². The summed E-state index contributed by atoms with van der Waals surface area (Å²) in [6, 6.07) is 0.607. The fourth-order valence-corrected chi connectivity index (χ4v) is 3.43. The molecule has 2 unspecified atom stereocenters. The van der Waals surface area contributed by atoms with Crippen LogP contribution in [0.15, 0.2) is 4.52 Å². The minimum atomic E-state index is 0.607.